The molecule has 0 fully saturated rings. The fraction of sp³-hybridized carbons (Fsp3) is 0.800. The molecule has 110 valence electrons. The molecule has 5 N–H and O–H groups in total. The van der Waals surface area contributed by atoms with Crippen molar-refractivity contribution in [2.75, 3.05) is 21.3 Å². The van der Waals surface area contributed by atoms with Gasteiger partial charge < -0.3 is 25.5 Å². The number of hydrogen-bond acceptors (Lipinski definition) is 5. The molecule has 0 aliphatic carbocycles. The van der Waals surface area contributed by atoms with Crippen LogP contribution < -0.4 is 0 Å². The van der Waals surface area contributed by atoms with Crippen molar-refractivity contribution in [1.29, 1.82) is 0 Å². The molecule has 18 heavy (non-hydrogen) atoms. The second-order valence-corrected chi connectivity index (χ2v) is 2.40. The van der Waals surface area contributed by atoms with Crippen molar-refractivity contribution in [2.24, 2.45) is 5.41 Å². The maximum Gasteiger partial charge on any atom is 0.321 e. The Hall–Kier alpha value is -0.466. The van der Waals surface area contributed by atoms with Crippen LogP contribution >= 0.6 is 0 Å². The van der Waals surface area contributed by atoms with Crippen LogP contribution in [-0.2, 0) is 31.3 Å². The number of carboxylic acids is 2. The summed E-state index contributed by atoms with van der Waals surface area (Å²) in [5, 5.41) is 38.2. The van der Waals surface area contributed by atoms with Crippen LogP contribution in [0.15, 0.2) is 0 Å². The molecular formula is C10H24O7Ti. The van der Waals surface area contributed by atoms with Crippen LogP contribution in [0.1, 0.15) is 26.7 Å². The monoisotopic (exact) mass is 304 g/mol. The van der Waals surface area contributed by atoms with Gasteiger partial charge in [-0.3, -0.25) is 9.59 Å². The largest absolute Gasteiger partial charge is 0.480 e. The van der Waals surface area contributed by atoms with Crippen LogP contribution in [-0.4, -0.2) is 58.8 Å². The number of hydrogen-bond donors (Lipinski definition) is 5. The van der Waals surface area contributed by atoms with Crippen molar-refractivity contribution >= 4 is 11.9 Å². The second-order valence-electron chi connectivity index (χ2n) is 2.40. The summed E-state index contributed by atoms with van der Waals surface area (Å²) < 4.78 is 0. The molecule has 0 radical (unpaired) electrons. The molecule has 8 heteroatoms. The van der Waals surface area contributed by atoms with Crippen LogP contribution in [0.5, 0.6) is 0 Å². The molecule has 0 amide bonds. The van der Waals surface area contributed by atoms with Gasteiger partial charge in [0.2, 0.25) is 0 Å². The molecule has 0 aromatic carbocycles. The van der Waals surface area contributed by atoms with Gasteiger partial charge in [0.25, 0.3) is 0 Å². The minimum atomic E-state index is -1.58. The maximum absolute atomic E-state index is 10.5. The van der Waals surface area contributed by atoms with E-state index in [1.54, 1.807) is 13.8 Å². The number of rotatable bonds is 4. The van der Waals surface area contributed by atoms with Gasteiger partial charge in [-0.2, -0.15) is 0 Å². The number of carbonyl (C=O) groups is 2. The average molecular weight is 304 g/mol. The fourth-order valence-corrected chi connectivity index (χ4v) is 0.946. The van der Waals surface area contributed by atoms with E-state index < -0.39 is 17.4 Å². The number of aliphatic hydroxyl groups excluding tert-OH is 3. The fourth-order valence-electron chi connectivity index (χ4n) is 0.946. The summed E-state index contributed by atoms with van der Waals surface area (Å²) in [4.78, 5) is 21.1. The van der Waals surface area contributed by atoms with Crippen LogP contribution in [0.4, 0.5) is 0 Å². The SMILES string of the molecule is CCC(CC)(C(=O)O)C(=O)O.CO.CO.CO.[Ti]. The van der Waals surface area contributed by atoms with Gasteiger partial charge in [-0.05, 0) is 12.8 Å². The first-order chi connectivity index (χ1) is 8.01. The van der Waals surface area contributed by atoms with E-state index in [2.05, 4.69) is 0 Å². The van der Waals surface area contributed by atoms with Crippen molar-refractivity contribution < 1.29 is 56.8 Å². The van der Waals surface area contributed by atoms with Crippen LogP contribution in [0, 0.1) is 5.41 Å². The number of aliphatic carboxylic acids is 2. The Bertz CT molecular complexity index is 165. The molecular weight excluding hydrogens is 280 g/mol. The zero-order valence-electron chi connectivity index (χ0n) is 11.5. The van der Waals surface area contributed by atoms with Gasteiger partial charge in [-0.1, -0.05) is 13.8 Å². The molecule has 0 bridgehead atoms. The topological polar surface area (TPSA) is 135 Å². The van der Waals surface area contributed by atoms with E-state index in [0.717, 1.165) is 21.3 Å². The summed E-state index contributed by atoms with van der Waals surface area (Å²) >= 11 is 0. The second kappa shape index (κ2) is 21.8. The summed E-state index contributed by atoms with van der Waals surface area (Å²) in [6.07, 6.45) is 0.238. The predicted octanol–water partition coefficient (Wildman–Crippen LogP) is -0.215. The first kappa shape index (κ1) is 30.5. The summed E-state index contributed by atoms with van der Waals surface area (Å²) in [6.45, 7) is 3.12. The van der Waals surface area contributed by atoms with Gasteiger partial charge in [0.1, 0.15) is 0 Å². The Kier molecular flexibility index (Phi) is 36.9. The van der Waals surface area contributed by atoms with Crippen LogP contribution in [0.3, 0.4) is 0 Å². The zero-order chi connectivity index (χ0) is 15.1. The number of carboxylic acid groups (broad SMARTS) is 2. The molecule has 0 saturated carbocycles. The predicted molar refractivity (Wildman–Crippen MR) is 62.7 cm³/mol. The first-order valence-electron chi connectivity index (χ1n) is 4.82. The van der Waals surface area contributed by atoms with Gasteiger partial charge in [0, 0.05) is 43.0 Å². The van der Waals surface area contributed by atoms with Crippen LogP contribution in [0.25, 0.3) is 0 Å². The molecule has 0 aromatic rings. The molecule has 0 atom stereocenters. The third kappa shape index (κ3) is 10.7. The normalized spacial score (nSPS) is 7.78. The summed E-state index contributed by atoms with van der Waals surface area (Å²) in [6, 6.07) is 0. The van der Waals surface area contributed by atoms with E-state index >= 15 is 0 Å². The van der Waals surface area contributed by atoms with E-state index in [0.29, 0.717) is 0 Å². The Morgan fingerprint density at radius 1 is 0.778 bits per heavy atom. The zero-order valence-corrected chi connectivity index (χ0v) is 13.0. The molecule has 0 unspecified atom stereocenters. The van der Waals surface area contributed by atoms with E-state index in [4.69, 9.17) is 25.5 Å². The number of aliphatic hydroxyl groups is 3. The molecule has 0 aliphatic rings. The van der Waals surface area contributed by atoms with E-state index in [1.807, 2.05) is 0 Å². The van der Waals surface area contributed by atoms with Gasteiger partial charge in [0.15, 0.2) is 5.41 Å². The van der Waals surface area contributed by atoms with Crippen molar-refractivity contribution in [3.05, 3.63) is 0 Å². The Labute approximate surface area is 122 Å². The third-order valence-corrected chi connectivity index (χ3v) is 2.03. The molecule has 7 nitrogen and oxygen atoms in total. The quantitative estimate of drug-likeness (QED) is 0.358. The third-order valence-electron chi connectivity index (χ3n) is 2.03. The first-order valence-corrected chi connectivity index (χ1v) is 4.82. The van der Waals surface area contributed by atoms with E-state index in [-0.39, 0.29) is 34.6 Å². The van der Waals surface area contributed by atoms with E-state index in [1.165, 1.54) is 0 Å². The summed E-state index contributed by atoms with van der Waals surface area (Å²) in [5.74, 6) is -2.51. The minimum absolute atomic E-state index is 0. The molecule has 0 aliphatic heterocycles. The van der Waals surface area contributed by atoms with Crippen molar-refractivity contribution in [3.63, 3.8) is 0 Å². The Morgan fingerprint density at radius 3 is 0.944 bits per heavy atom. The van der Waals surface area contributed by atoms with E-state index in [9.17, 15) is 9.59 Å². The summed E-state index contributed by atoms with van der Waals surface area (Å²) in [7, 11) is 3.00. The average Bonchev–Trinajstić information content (AvgIpc) is 2.38. The van der Waals surface area contributed by atoms with Gasteiger partial charge in [-0.25, -0.2) is 0 Å². The van der Waals surface area contributed by atoms with Crippen molar-refractivity contribution in [1.82, 2.24) is 0 Å². The van der Waals surface area contributed by atoms with Gasteiger partial charge in [-0.15, -0.1) is 0 Å². The smallest absolute Gasteiger partial charge is 0.321 e. The van der Waals surface area contributed by atoms with Crippen molar-refractivity contribution in [2.45, 2.75) is 26.7 Å². The summed E-state index contributed by atoms with van der Waals surface area (Å²) in [5.41, 5.74) is -1.58. The van der Waals surface area contributed by atoms with Gasteiger partial charge >= 0.3 is 11.9 Å². The maximum atomic E-state index is 10.5. The van der Waals surface area contributed by atoms with Crippen LogP contribution in [0.2, 0.25) is 0 Å². The molecule has 0 heterocycles. The minimum Gasteiger partial charge on any atom is -0.480 e. The van der Waals surface area contributed by atoms with Crippen molar-refractivity contribution in [3.8, 4) is 0 Å². The molecule has 0 aromatic heterocycles. The standard InChI is InChI=1S/C7H12O4.3CH4O.Ti/c1-3-7(4-2,5(8)9)6(10)11;3*1-2;/h3-4H2,1-2H3,(H,8,9)(H,10,11);3*2H,1H3;. The molecule has 0 rings (SSSR count). The Morgan fingerprint density at radius 2 is 0.944 bits per heavy atom. The Balaban J connectivity index is -0.0000000700. The molecule has 0 spiro atoms. The molecule has 0 saturated heterocycles. The van der Waals surface area contributed by atoms with Gasteiger partial charge in [0.05, 0.1) is 0 Å².